The molecular formula is C18H19F2N3O2. The molecule has 0 saturated carbocycles. The Morgan fingerprint density at radius 3 is 2.80 bits per heavy atom. The first kappa shape index (κ1) is 18.5. The molecule has 7 heteroatoms. The number of halogens is 2. The largest absolute Gasteiger partial charge is 0.435 e. The Bertz CT molecular complexity index is 766. The molecule has 0 saturated heterocycles. The van der Waals surface area contributed by atoms with Crippen LogP contribution in [0.4, 0.5) is 14.5 Å². The second kappa shape index (κ2) is 8.32. The summed E-state index contributed by atoms with van der Waals surface area (Å²) in [6, 6.07) is 7.63. The molecule has 0 radical (unpaired) electrons. The molecule has 2 rings (SSSR count). The van der Waals surface area contributed by atoms with E-state index >= 15 is 0 Å². The topological polar surface area (TPSA) is 75.1 Å². The molecule has 0 aliphatic carbocycles. The monoisotopic (exact) mass is 347 g/mol. The van der Waals surface area contributed by atoms with Crippen molar-refractivity contribution in [2.45, 2.75) is 32.9 Å². The van der Waals surface area contributed by atoms with Crippen molar-refractivity contribution in [3.05, 3.63) is 53.3 Å². The lowest BCUT2D eigenvalue weighted by Gasteiger charge is -2.17. The first-order chi connectivity index (χ1) is 11.9. The third-order valence-corrected chi connectivity index (χ3v) is 3.64. The maximum atomic E-state index is 12.4. The molecule has 25 heavy (non-hydrogen) atoms. The number of hydrogen-bond acceptors (Lipinski definition) is 5. The molecule has 2 aromatic rings. The molecule has 132 valence electrons. The second-order valence-corrected chi connectivity index (χ2v) is 5.52. The van der Waals surface area contributed by atoms with E-state index in [0.717, 1.165) is 6.42 Å². The van der Waals surface area contributed by atoms with Crippen molar-refractivity contribution in [1.29, 1.82) is 5.41 Å². The smallest absolute Gasteiger partial charge is 0.387 e. The Morgan fingerprint density at radius 2 is 2.16 bits per heavy atom. The average molecular weight is 347 g/mol. The number of nitrogens with zero attached hydrogens (tertiary/aromatic N) is 1. The van der Waals surface area contributed by atoms with Gasteiger partial charge in [-0.2, -0.15) is 8.78 Å². The summed E-state index contributed by atoms with van der Waals surface area (Å²) >= 11 is 0. The summed E-state index contributed by atoms with van der Waals surface area (Å²) in [5.74, 6) is -0.0294. The van der Waals surface area contributed by atoms with Crippen LogP contribution < -0.4 is 10.1 Å². The van der Waals surface area contributed by atoms with Crippen molar-refractivity contribution in [2.75, 3.05) is 5.32 Å². The van der Waals surface area contributed by atoms with E-state index in [0.29, 0.717) is 28.8 Å². The molecule has 0 fully saturated rings. The van der Waals surface area contributed by atoms with Crippen LogP contribution in [0.25, 0.3) is 0 Å². The molecule has 1 atom stereocenters. The van der Waals surface area contributed by atoms with Crippen LogP contribution in [-0.4, -0.2) is 29.6 Å². The number of nitrogens with one attached hydrogen (secondary N) is 2. The van der Waals surface area contributed by atoms with Gasteiger partial charge in [-0.05, 0) is 31.5 Å². The van der Waals surface area contributed by atoms with E-state index in [1.165, 1.54) is 24.4 Å². The third-order valence-electron chi connectivity index (χ3n) is 3.64. The van der Waals surface area contributed by atoms with Gasteiger partial charge >= 0.3 is 6.61 Å². The molecule has 0 bridgehead atoms. The summed E-state index contributed by atoms with van der Waals surface area (Å²) in [6.07, 6.45) is 2.90. The highest BCUT2D eigenvalue weighted by atomic mass is 19.3. The van der Waals surface area contributed by atoms with Crippen molar-refractivity contribution < 1.29 is 18.3 Å². The lowest BCUT2D eigenvalue weighted by molar-refractivity contribution is -0.0498. The second-order valence-electron chi connectivity index (χ2n) is 5.52. The van der Waals surface area contributed by atoms with Gasteiger partial charge in [-0.1, -0.05) is 19.1 Å². The number of aldehydes is 1. The highest BCUT2D eigenvalue weighted by Gasteiger charge is 2.15. The number of ether oxygens (including phenoxy) is 1. The van der Waals surface area contributed by atoms with Crippen molar-refractivity contribution in [1.82, 2.24) is 4.98 Å². The van der Waals surface area contributed by atoms with Gasteiger partial charge in [0.25, 0.3) is 0 Å². The molecule has 0 spiro atoms. The molecule has 1 aromatic carbocycles. The fourth-order valence-electron chi connectivity index (χ4n) is 2.19. The number of carbonyl (C=O) groups excluding carboxylic acids is 1. The fourth-order valence-corrected chi connectivity index (χ4v) is 2.19. The van der Waals surface area contributed by atoms with Gasteiger partial charge < -0.3 is 10.1 Å². The molecule has 0 amide bonds. The summed E-state index contributed by atoms with van der Waals surface area (Å²) in [5, 5.41) is 11.6. The lowest BCUT2D eigenvalue weighted by atomic mass is 10.0. The van der Waals surface area contributed by atoms with Crippen molar-refractivity contribution in [2.24, 2.45) is 0 Å². The number of benzene rings is 1. The van der Waals surface area contributed by atoms with Gasteiger partial charge in [-0.25, -0.2) is 0 Å². The number of pyridine rings is 1. The van der Waals surface area contributed by atoms with Gasteiger partial charge in [0.1, 0.15) is 11.4 Å². The quantitative estimate of drug-likeness (QED) is 0.556. The van der Waals surface area contributed by atoms with Crippen molar-refractivity contribution >= 4 is 17.7 Å². The number of alkyl halides is 2. The van der Waals surface area contributed by atoms with Crippen LogP contribution >= 0.6 is 0 Å². The minimum atomic E-state index is -2.93. The number of rotatable bonds is 8. The number of carbonyl (C=O) groups is 1. The van der Waals surface area contributed by atoms with E-state index in [2.05, 4.69) is 15.0 Å². The van der Waals surface area contributed by atoms with Crippen molar-refractivity contribution in [3.8, 4) is 5.75 Å². The maximum absolute atomic E-state index is 12.4. The van der Waals surface area contributed by atoms with E-state index in [1.54, 1.807) is 12.1 Å². The molecule has 2 N–H and O–H groups in total. The fraction of sp³-hybridized carbons (Fsp3) is 0.278. The lowest BCUT2D eigenvalue weighted by Crippen LogP contribution is -2.18. The van der Waals surface area contributed by atoms with E-state index in [4.69, 9.17) is 5.41 Å². The van der Waals surface area contributed by atoms with E-state index in [-0.39, 0.29) is 17.5 Å². The number of aromatic nitrogens is 1. The van der Waals surface area contributed by atoms with Crippen molar-refractivity contribution in [3.63, 3.8) is 0 Å². The van der Waals surface area contributed by atoms with Gasteiger partial charge in [0.15, 0.2) is 6.29 Å². The van der Waals surface area contributed by atoms with Crippen LogP contribution in [-0.2, 0) is 0 Å². The average Bonchev–Trinajstić information content (AvgIpc) is 2.60. The van der Waals surface area contributed by atoms with Crippen LogP contribution in [0.2, 0.25) is 0 Å². The predicted octanol–water partition coefficient (Wildman–Crippen LogP) is 4.12. The summed E-state index contributed by atoms with van der Waals surface area (Å²) in [4.78, 5) is 15.2. The molecule has 0 unspecified atom stereocenters. The van der Waals surface area contributed by atoms with Gasteiger partial charge in [0.05, 0.1) is 11.4 Å². The van der Waals surface area contributed by atoms with Crippen LogP contribution in [0.15, 0.2) is 36.5 Å². The molecule has 0 aliphatic heterocycles. The van der Waals surface area contributed by atoms with E-state index in [1.807, 2.05) is 13.8 Å². The third kappa shape index (κ3) is 4.82. The molecule has 1 heterocycles. The van der Waals surface area contributed by atoms with E-state index in [9.17, 15) is 13.6 Å². The molecule has 0 aliphatic rings. The van der Waals surface area contributed by atoms with E-state index < -0.39 is 6.61 Å². The SMILES string of the molecule is CC[C@H](C)Nc1cc(C=O)cnc1C(=N)c1cccc(OC(F)F)c1. The van der Waals surface area contributed by atoms with Crippen LogP contribution in [0.1, 0.15) is 41.9 Å². The summed E-state index contributed by atoms with van der Waals surface area (Å²) < 4.78 is 29.1. The Morgan fingerprint density at radius 1 is 1.40 bits per heavy atom. The summed E-state index contributed by atoms with van der Waals surface area (Å²) in [5.41, 5.74) is 1.70. The minimum Gasteiger partial charge on any atom is -0.435 e. The summed E-state index contributed by atoms with van der Waals surface area (Å²) in [7, 11) is 0. The van der Waals surface area contributed by atoms with Gasteiger partial charge in [-0.3, -0.25) is 15.2 Å². The molecule has 5 nitrogen and oxygen atoms in total. The zero-order valence-corrected chi connectivity index (χ0v) is 13.9. The highest BCUT2D eigenvalue weighted by molar-refractivity contribution is 6.13. The Hall–Kier alpha value is -2.83. The zero-order chi connectivity index (χ0) is 18.4. The Labute approximate surface area is 144 Å². The first-order valence-corrected chi connectivity index (χ1v) is 7.80. The predicted molar refractivity (Wildman–Crippen MR) is 92.0 cm³/mol. The van der Waals surface area contributed by atoms with Crippen LogP contribution in [0, 0.1) is 5.41 Å². The summed E-state index contributed by atoms with van der Waals surface area (Å²) in [6.45, 7) is 1.04. The molecule has 1 aromatic heterocycles. The van der Waals surface area contributed by atoms with Gasteiger partial charge in [0.2, 0.25) is 0 Å². The van der Waals surface area contributed by atoms with Crippen LogP contribution in [0.5, 0.6) is 5.75 Å². The first-order valence-electron chi connectivity index (χ1n) is 7.80. The Kier molecular flexibility index (Phi) is 6.16. The minimum absolute atomic E-state index is 0.0294. The number of anilines is 1. The molecular weight excluding hydrogens is 328 g/mol. The van der Waals surface area contributed by atoms with Gasteiger partial charge in [0, 0.05) is 23.4 Å². The Balaban J connectivity index is 2.39. The van der Waals surface area contributed by atoms with Crippen LogP contribution in [0.3, 0.4) is 0 Å². The number of hydrogen-bond donors (Lipinski definition) is 2. The normalized spacial score (nSPS) is 11.9. The van der Waals surface area contributed by atoms with Gasteiger partial charge in [-0.15, -0.1) is 0 Å². The maximum Gasteiger partial charge on any atom is 0.387 e. The standard InChI is InChI=1S/C18H19F2N3O2/c1-3-11(2)23-15-7-12(10-24)9-22-17(15)16(21)13-5-4-6-14(8-13)25-18(19)20/h4-11,18,21,23H,3H2,1-2H3/t11-/m0/s1. The zero-order valence-electron chi connectivity index (χ0n) is 13.9. The highest BCUT2D eigenvalue weighted by Crippen LogP contribution is 2.23.